The molecular weight excluding hydrogens is 136 g/mol. The lowest BCUT2D eigenvalue weighted by atomic mass is 10.5. The van der Waals surface area contributed by atoms with Gasteiger partial charge in [-0.15, -0.1) is 0 Å². The topological polar surface area (TPSA) is 37.3 Å². The molecule has 52 valence electrons. The van der Waals surface area contributed by atoms with Crippen molar-refractivity contribution in [1.82, 2.24) is 0 Å². The van der Waals surface area contributed by atoms with Crippen molar-refractivity contribution < 1.29 is 9.90 Å². The zero-order valence-corrected chi connectivity index (χ0v) is 6.15. The van der Waals surface area contributed by atoms with E-state index in [9.17, 15) is 4.79 Å². The van der Waals surface area contributed by atoms with Crippen LogP contribution < -0.4 is 0 Å². The minimum absolute atomic E-state index is 0.794. The third-order valence-corrected chi connectivity index (χ3v) is 1.52. The molecule has 1 N–H and O–H groups in total. The first-order valence-electron chi connectivity index (χ1n) is 2.74. The Labute approximate surface area is 59.0 Å². The normalized spacial score (nSPS) is 10.3. The van der Waals surface area contributed by atoms with E-state index in [0.717, 1.165) is 11.5 Å². The first-order valence-corrected chi connectivity index (χ1v) is 3.90. The Morgan fingerprint density at radius 1 is 1.78 bits per heavy atom. The Balaban J connectivity index is 3.15. The molecule has 2 nitrogen and oxygen atoms in total. The number of carboxylic acid groups (broad SMARTS) is 1. The number of hydrogen-bond donors (Lipinski definition) is 1. The van der Waals surface area contributed by atoms with Gasteiger partial charge in [0.05, 0.1) is 0 Å². The highest BCUT2D eigenvalue weighted by Crippen LogP contribution is 1.97. The van der Waals surface area contributed by atoms with Crippen molar-refractivity contribution in [3.05, 3.63) is 12.2 Å². The predicted molar refractivity (Wildman–Crippen MR) is 39.8 cm³/mol. The van der Waals surface area contributed by atoms with Gasteiger partial charge in [-0.05, 0) is 5.75 Å². The lowest BCUT2D eigenvalue weighted by Crippen LogP contribution is -1.86. The van der Waals surface area contributed by atoms with E-state index >= 15 is 0 Å². The van der Waals surface area contributed by atoms with Gasteiger partial charge in [0.15, 0.2) is 0 Å². The first kappa shape index (κ1) is 8.56. The van der Waals surface area contributed by atoms with Crippen molar-refractivity contribution in [2.24, 2.45) is 0 Å². The van der Waals surface area contributed by atoms with Crippen LogP contribution in [0.25, 0.3) is 0 Å². The summed E-state index contributed by atoms with van der Waals surface area (Å²) in [6.45, 7) is 2.04. The minimum atomic E-state index is -0.869. The lowest BCUT2D eigenvalue weighted by molar-refractivity contribution is -0.131. The molecule has 0 heterocycles. The Bertz CT molecular complexity index is 110. The van der Waals surface area contributed by atoms with Crippen LogP contribution in [0.2, 0.25) is 0 Å². The third-order valence-electron chi connectivity index (χ3n) is 0.679. The van der Waals surface area contributed by atoms with E-state index in [4.69, 9.17) is 5.11 Å². The molecule has 0 fully saturated rings. The van der Waals surface area contributed by atoms with Crippen molar-refractivity contribution in [1.29, 1.82) is 0 Å². The molecule has 0 aromatic rings. The number of hydrogen-bond acceptors (Lipinski definition) is 2. The van der Waals surface area contributed by atoms with Gasteiger partial charge in [-0.1, -0.05) is 13.0 Å². The number of carboxylic acids is 1. The summed E-state index contributed by atoms with van der Waals surface area (Å²) in [5.41, 5.74) is 0. The molecule has 0 aliphatic heterocycles. The van der Waals surface area contributed by atoms with Crippen molar-refractivity contribution in [3.8, 4) is 0 Å². The molecule has 0 rings (SSSR count). The van der Waals surface area contributed by atoms with Crippen LogP contribution in [-0.4, -0.2) is 22.6 Å². The summed E-state index contributed by atoms with van der Waals surface area (Å²) >= 11 is 1.70. The summed E-state index contributed by atoms with van der Waals surface area (Å²) in [6, 6.07) is 0. The maximum Gasteiger partial charge on any atom is 0.328 e. The highest BCUT2D eigenvalue weighted by molar-refractivity contribution is 7.99. The summed E-state index contributed by atoms with van der Waals surface area (Å²) < 4.78 is 0. The fourth-order valence-electron chi connectivity index (χ4n) is 0.335. The van der Waals surface area contributed by atoms with E-state index in [-0.39, 0.29) is 0 Å². The number of thioether (sulfide) groups is 1. The second-order valence-corrected chi connectivity index (χ2v) is 2.72. The van der Waals surface area contributed by atoms with Crippen molar-refractivity contribution in [2.45, 2.75) is 6.92 Å². The van der Waals surface area contributed by atoms with E-state index in [0.29, 0.717) is 0 Å². The van der Waals surface area contributed by atoms with Crippen LogP contribution in [-0.2, 0) is 4.79 Å². The molecule has 0 spiro atoms. The molecule has 9 heavy (non-hydrogen) atoms. The van der Waals surface area contributed by atoms with Gasteiger partial charge in [0.25, 0.3) is 0 Å². The monoisotopic (exact) mass is 146 g/mol. The molecule has 0 bridgehead atoms. The highest BCUT2D eigenvalue weighted by Gasteiger charge is 1.83. The van der Waals surface area contributed by atoms with Gasteiger partial charge in [0, 0.05) is 11.8 Å². The van der Waals surface area contributed by atoms with E-state index < -0.39 is 5.97 Å². The van der Waals surface area contributed by atoms with E-state index in [2.05, 4.69) is 0 Å². The van der Waals surface area contributed by atoms with Crippen LogP contribution in [0.15, 0.2) is 12.2 Å². The molecule has 0 amide bonds. The molecule has 0 aliphatic rings. The Morgan fingerprint density at radius 2 is 2.44 bits per heavy atom. The molecule has 0 saturated heterocycles. The van der Waals surface area contributed by atoms with E-state index in [1.54, 1.807) is 17.8 Å². The second kappa shape index (κ2) is 5.69. The van der Waals surface area contributed by atoms with Gasteiger partial charge in [-0.25, -0.2) is 4.79 Å². The standard InChI is InChI=1S/C6H10O2S/c1-2-9-5-3-4-6(7)8/h3-4H,2,5H2,1H3,(H,7,8). The molecule has 0 aromatic heterocycles. The Morgan fingerprint density at radius 3 is 2.89 bits per heavy atom. The largest absolute Gasteiger partial charge is 0.478 e. The molecule has 3 heteroatoms. The molecule has 0 radical (unpaired) electrons. The van der Waals surface area contributed by atoms with Crippen LogP contribution in [0.4, 0.5) is 0 Å². The molecule has 0 atom stereocenters. The van der Waals surface area contributed by atoms with Gasteiger partial charge in [0.2, 0.25) is 0 Å². The highest BCUT2D eigenvalue weighted by atomic mass is 32.2. The Hall–Kier alpha value is -0.440. The maximum absolute atomic E-state index is 9.87. The number of aliphatic carboxylic acids is 1. The molecule has 0 aromatic carbocycles. The molecule has 0 aliphatic carbocycles. The SMILES string of the molecule is CCSCC=CC(=O)O. The van der Waals surface area contributed by atoms with Crippen molar-refractivity contribution >= 4 is 17.7 Å². The minimum Gasteiger partial charge on any atom is -0.478 e. The number of carbonyl (C=O) groups is 1. The van der Waals surface area contributed by atoms with Gasteiger partial charge in [-0.2, -0.15) is 11.8 Å². The number of rotatable bonds is 4. The summed E-state index contributed by atoms with van der Waals surface area (Å²) in [5, 5.41) is 8.12. The van der Waals surface area contributed by atoms with Gasteiger partial charge < -0.3 is 5.11 Å². The van der Waals surface area contributed by atoms with E-state index in [1.807, 2.05) is 6.92 Å². The Kier molecular flexibility index (Phi) is 5.41. The fraction of sp³-hybridized carbons (Fsp3) is 0.500. The zero-order valence-electron chi connectivity index (χ0n) is 5.33. The van der Waals surface area contributed by atoms with Crippen LogP contribution in [0.5, 0.6) is 0 Å². The van der Waals surface area contributed by atoms with E-state index in [1.165, 1.54) is 6.08 Å². The van der Waals surface area contributed by atoms with Crippen LogP contribution >= 0.6 is 11.8 Å². The van der Waals surface area contributed by atoms with Crippen molar-refractivity contribution in [3.63, 3.8) is 0 Å². The van der Waals surface area contributed by atoms with Gasteiger partial charge >= 0.3 is 5.97 Å². The quantitative estimate of drug-likeness (QED) is 0.481. The summed E-state index contributed by atoms with van der Waals surface area (Å²) in [6.07, 6.45) is 2.82. The average Bonchev–Trinajstić information content (AvgIpc) is 1.80. The predicted octanol–water partition coefficient (Wildman–Crippen LogP) is 1.38. The third kappa shape index (κ3) is 7.56. The van der Waals surface area contributed by atoms with Crippen LogP contribution in [0.3, 0.4) is 0 Å². The first-order chi connectivity index (χ1) is 4.27. The van der Waals surface area contributed by atoms with Gasteiger partial charge in [0.1, 0.15) is 0 Å². The average molecular weight is 146 g/mol. The van der Waals surface area contributed by atoms with Gasteiger partial charge in [-0.3, -0.25) is 0 Å². The van der Waals surface area contributed by atoms with Crippen LogP contribution in [0.1, 0.15) is 6.92 Å². The molecular formula is C6H10O2S. The molecule has 0 saturated carbocycles. The summed E-state index contributed by atoms with van der Waals surface area (Å²) in [7, 11) is 0. The second-order valence-electron chi connectivity index (χ2n) is 1.40. The smallest absolute Gasteiger partial charge is 0.328 e. The lowest BCUT2D eigenvalue weighted by Gasteiger charge is -1.85. The molecule has 0 unspecified atom stereocenters. The fourth-order valence-corrected chi connectivity index (χ4v) is 0.803. The van der Waals surface area contributed by atoms with Crippen LogP contribution in [0, 0.1) is 0 Å². The summed E-state index contributed by atoms with van der Waals surface area (Å²) in [5.74, 6) is 0.957. The van der Waals surface area contributed by atoms with Crippen molar-refractivity contribution in [2.75, 3.05) is 11.5 Å². The summed E-state index contributed by atoms with van der Waals surface area (Å²) in [4.78, 5) is 9.87. The zero-order chi connectivity index (χ0) is 7.11. The maximum atomic E-state index is 9.87.